The second-order valence-electron chi connectivity index (χ2n) is 4.43. The summed E-state index contributed by atoms with van der Waals surface area (Å²) in [7, 11) is 0. The molecule has 0 aromatic rings. The summed E-state index contributed by atoms with van der Waals surface area (Å²) in [4.78, 5) is 10.8. The number of esters is 1. The van der Waals surface area contributed by atoms with Crippen LogP contribution in [-0.4, -0.2) is 36.5 Å². The first kappa shape index (κ1) is 14.2. The molecule has 0 aromatic heterocycles. The van der Waals surface area contributed by atoms with Crippen molar-refractivity contribution < 1.29 is 19.4 Å². The first-order valence-electron chi connectivity index (χ1n) is 6.31. The number of hydrogen-bond acceptors (Lipinski definition) is 4. The Morgan fingerprint density at radius 1 is 1.29 bits per heavy atom. The summed E-state index contributed by atoms with van der Waals surface area (Å²) in [6, 6.07) is 0. The largest absolute Gasteiger partial charge is 0.460 e. The molecule has 0 aliphatic heterocycles. The summed E-state index contributed by atoms with van der Waals surface area (Å²) < 4.78 is 10.4. The molecule has 1 rings (SSSR count). The number of ether oxygens (including phenoxy) is 2. The van der Waals surface area contributed by atoms with E-state index in [0.717, 1.165) is 18.9 Å². The SMILES string of the molecule is C=CC(=O)OCC(O)COC1CCCCCC1. The molecule has 1 atom stereocenters. The molecule has 1 aliphatic carbocycles. The fourth-order valence-corrected chi connectivity index (χ4v) is 1.94. The van der Waals surface area contributed by atoms with Crippen molar-refractivity contribution in [2.75, 3.05) is 13.2 Å². The molecule has 0 bridgehead atoms. The van der Waals surface area contributed by atoms with E-state index in [4.69, 9.17) is 9.47 Å². The lowest BCUT2D eigenvalue weighted by Crippen LogP contribution is -2.26. The zero-order chi connectivity index (χ0) is 12.5. The van der Waals surface area contributed by atoms with Gasteiger partial charge in [-0.3, -0.25) is 0 Å². The summed E-state index contributed by atoms with van der Waals surface area (Å²) in [6.07, 6.45) is 7.68. The number of aliphatic hydroxyl groups is 1. The van der Waals surface area contributed by atoms with Gasteiger partial charge in [0, 0.05) is 6.08 Å². The molecule has 17 heavy (non-hydrogen) atoms. The van der Waals surface area contributed by atoms with E-state index in [1.165, 1.54) is 25.7 Å². The quantitative estimate of drug-likeness (QED) is 0.438. The lowest BCUT2D eigenvalue weighted by Gasteiger charge is -2.18. The van der Waals surface area contributed by atoms with Crippen LogP contribution in [0, 0.1) is 0 Å². The van der Waals surface area contributed by atoms with Gasteiger partial charge in [0.2, 0.25) is 0 Å². The maximum absolute atomic E-state index is 10.8. The van der Waals surface area contributed by atoms with Gasteiger partial charge in [-0.1, -0.05) is 32.3 Å². The Morgan fingerprint density at radius 2 is 1.94 bits per heavy atom. The van der Waals surface area contributed by atoms with Crippen LogP contribution in [0.1, 0.15) is 38.5 Å². The molecule has 0 saturated heterocycles. The monoisotopic (exact) mass is 242 g/mol. The molecule has 4 nitrogen and oxygen atoms in total. The molecule has 1 saturated carbocycles. The minimum Gasteiger partial charge on any atom is -0.460 e. The van der Waals surface area contributed by atoms with Gasteiger partial charge in [0.05, 0.1) is 12.7 Å². The van der Waals surface area contributed by atoms with Crippen LogP contribution in [0.2, 0.25) is 0 Å². The summed E-state index contributed by atoms with van der Waals surface area (Å²) in [5.74, 6) is -0.515. The Hall–Kier alpha value is -0.870. The Bertz CT molecular complexity index is 232. The second-order valence-corrected chi connectivity index (χ2v) is 4.43. The molecule has 0 radical (unpaired) electrons. The number of hydrogen-bond donors (Lipinski definition) is 1. The topological polar surface area (TPSA) is 55.8 Å². The van der Waals surface area contributed by atoms with Crippen molar-refractivity contribution >= 4 is 5.97 Å². The second kappa shape index (κ2) is 8.25. The lowest BCUT2D eigenvalue weighted by atomic mass is 10.1. The van der Waals surface area contributed by atoms with E-state index in [0.29, 0.717) is 0 Å². The predicted octanol–water partition coefficient (Wildman–Crippen LogP) is 1.82. The van der Waals surface area contributed by atoms with Crippen molar-refractivity contribution in [2.45, 2.75) is 50.7 Å². The van der Waals surface area contributed by atoms with E-state index >= 15 is 0 Å². The maximum Gasteiger partial charge on any atom is 0.330 e. The molecule has 0 aromatic carbocycles. The third-order valence-electron chi connectivity index (χ3n) is 2.91. The molecular weight excluding hydrogens is 220 g/mol. The highest BCUT2D eigenvalue weighted by atomic mass is 16.5. The number of carbonyl (C=O) groups is 1. The van der Waals surface area contributed by atoms with Crippen LogP contribution >= 0.6 is 0 Å². The molecule has 0 heterocycles. The van der Waals surface area contributed by atoms with Crippen molar-refractivity contribution in [1.29, 1.82) is 0 Å². The van der Waals surface area contributed by atoms with Crippen LogP contribution in [0.3, 0.4) is 0 Å². The zero-order valence-electron chi connectivity index (χ0n) is 10.3. The molecule has 98 valence electrons. The predicted molar refractivity (Wildman–Crippen MR) is 64.6 cm³/mol. The Kier molecular flexibility index (Phi) is 6.89. The fourth-order valence-electron chi connectivity index (χ4n) is 1.94. The van der Waals surface area contributed by atoms with Gasteiger partial charge in [0.15, 0.2) is 0 Å². The maximum atomic E-state index is 10.8. The van der Waals surface area contributed by atoms with Gasteiger partial charge < -0.3 is 14.6 Å². The van der Waals surface area contributed by atoms with Crippen LogP contribution in [0.25, 0.3) is 0 Å². The van der Waals surface area contributed by atoms with Gasteiger partial charge >= 0.3 is 5.97 Å². The van der Waals surface area contributed by atoms with Gasteiger partial charge in [0.1, 0.15) is 12.7 Å². The van der Waals surface area contributed by atoms with Crippen LogP contribution < -0.4 is 0 Å². The van der Waals surface area contributed by atoms with Crippen LogP contribution in [0.4, 0.5) is 0 Å². The average molecular weight is 242 g/mol. The van der Waals surface area contributed by atoms with Gasteiger partial charge in [-0.2, -0.15) is 0 Å². The van der Waals surface area contributed by atoms with Crippen LogP contribution in [0.5, 0.6) is 0 Å². The van der Waals surface area contributed by atoms with E-state index in [1.54, 1.807) is 0 Å². The molecule has 1 N–H and O–H groups in total. The van der Waals surface area contributed by atoms with Crippen molar-refractivity contribution in [3.05, 3.63) is 12.7 Å². The molecule has 1 aliphatic rings. The van der Waals surface area contributed by atoms with Gasteiger partial charge in [-0.05, 0) is 12.8 Å². The van der Waals surface area contributed by atoms with Gasteiger partial charge in [-0.15, -0.1) is 0 Å². The fraction of sp³-hybridized carbons (Fsp3) is 0.769. The Balaban J connectivity index is 2.11. The first-order chi connectivity index (χ1) is 8.22. The number of aliphatic hydroxyl groups excluding tert-OH is 1. The van der Waals surface area contributed by atoms with Gasteiger partial charge in [0.25, 0.3) is 0 Å². The van der Waals surface area contributed by atoms with Crippen LogP contribution in [-0.2, 0) is 14.3 Å². The van der Waals surface area contributed by atoms with E-state index < -0.39 is 12.1 Å². The van der Waals surface area contributed by atoms with Crippen molar-refractivity contribution in [2.24, 2.45) is 0 Å². The molecule has 1 fully saturated rings. The van der Waals surface area contributed by atoms with Crippen LogP contribution in [0.15, 0.2) is 12.7 Å². The highest BCUT2D eigenvalue weighted by Crippen LogP contribution is 2.19. The molecule has 4 heteroatoms. The highest BCUT2D eigenvalue weighted by molar-refractivity contribution is 5.81. The molecule has 0 amide bonds. The Labute approximate surface area is 103 Å². The Morgan fingerprint density at radius 3 is 2.53 bits per heavy atom. The number of rotatable bonds is 6. The summed E-state index contributed by atoms with van der Waals surface area (Å²) in [5, 5.41) is 9.56. The first-order valence-corrected chi connectivity index (χ1v) is 6.31. The smallest absolute Gasteiger partial charge is 0.330 e. The summed E-state index contributed by atoms with van der Waals surface area (Å²) in [5.41, 5.74) is 0. The molecular formula is C13H22O4. The van der Waals surface area contributed by atoms with E-state index in [1.807, 2.05) is 0 Å². The standard InChI is InChI=1S/C13H22O4/c1-2-13(15)17-10-11(14)9-16-12-7-5-3-4-6-8-12/h2,11-12,14H,1,3-10H2. The lowest BCUT2D eigenvalue weighted by molar-refractivity contribution is -0.142. The molecule has 0 spiro atoms. The average Bonchev–Trinajstić information content (AvgIpc) is 2.61. The van der Waals surface area contributed by atoms with Crippen molar-refractivity contribution in [1.82, 2.24) is 0 Å². The van der Waals surface area contributed by atoms with E-state index in [2.05, 4.69) is 6.58 Å². The highest BCUT2D eigenvalue weighted by Gasteiger charge is 2.15. The zero-order valence-corrected chi connectivity index (χ0v) is 10.3. The van der Waals surface area contributed by atoms with E-state index in [-0.39, 0.29) is 19.3 Å². The van der Waals surface area contributed by atoms with Crippen molar-refractivity contribution in [3.63, 3.8) is 0 Å². The van der Waals surface area contributed by atoms with Crippen molar-refractivity contribution in [3.8, 4) is 0 Å². The van der Waals surface area contributed by atoms with E-state index in [9.17, 15) is 9.90 Å². The molecule has 1 unspecified atom stereocenters. The normalized spacial score (nSPS) is 19.4. The summed E-state index contributed by atoms with van der Waals surface area (Å²) in [6.45, 7) is 3.48. The number of carbonyl (C=O) groups excluding carboxylic acids is 1. The third-order valence-corrected chi connectivity index (χ3v) is 2.91. The van der Waals surface area contributed by atoms with Gasteiger partial charge in [-0.25, -0.2) is 4.79 Å². The minimum atomic E-state index is -0.748. The summed E-state index contributed by atoms with van der Waals surface area (Å²) >= 11 is 0. The minimum absolute atomic E-state index is 0.0302. The third kappa shape index (κ3) is 6.44.